The molecule has 1 amide bonds. The highest BCUT2D eigenvalue weighted by Crippen LogP contribution is 2.32. The van der Waals surface area contributed by atoms with Gasteiger partial charge in [-0.3, -0.25) is 14.9 Å². The van der Waals surface area contributed by atoms with E-state index in [0.29, 0.717) is 29.4 Å². The first-order chi connectivity index (χ1) is 9.51. The lowest BCUT2D eigenvalue weighted by molar-refractivity contribution is -0.384. The van der Waals surface area contributed by atoms with E-state index in [1.165, 1.54) is 6.07 Å². The first-order valence-electron chi connectivity index (χ1n) is 6.41. The molecule has 108 valence electrons. The number of halogens is 1. The predicted molar refractivity (Wildman–Crippen MR) is 77.1 cm³/mol. The number of likely N-dealkylation sites (tertiary alicyclic amines) is 1. The Labute approximate surface area is 121 Å². The molecule has 6 nitrogen and oxygen atoms in total. The molecular weight excluding hydrogens is 282 g/mol. The number of anilines is 1. The Bertz CT molecular complexity index is 528. The summed E-state index contributed by atoms with van der Waals surface area (Å²) in [5.41, 5.74) is 1.15. The van der Waals surface area contributed by atoms with Crippen LogP contribution in [0.5, 0.6) is 0 Å². The molecule has 1 heterocycles. The van der Waals surface area contributed by atoms with Gasteiger partial charge >= 0.3 is 0 Å². The number of carbonyl (C=O) groups excluding carboxylic acids is 1. The molecule has 0 aromatic heterocycles. The maximum atomic E-state index is 11.1. The summed E-state index contributed by atoms with van der Waals surface area (Å²) in [4.78, 5) is 23.0. The molecule has 7 heteroatoms. The molecule has 0 atom stereocenters. The molecule has 1 aromatic rings. The molecule has 0 unspecified atom stereocenters. The lowest BCUT2D eigenvalue weighted by Gasteiger charge is -2.30. The molecule has 0 aliphatic carbocycles. The average Bonchev–Trinajstić information content (AvgIpc) is 2.43. The Hall–Kier alpha value is -1.82. The topological polar surface area (TPSA) is 75.5 Å². The minimum absolute atomic E-state index is 0.0321. The average molecular weight is 298 g/mol. The molecule has 1 aliphatic rings. The van der Waals surface area contributed by atoms with E-state index in [2.05, 4.69) is 5.32 Å². The number of carbonyl (C=O) groups is 1. The summed E-state index contributed by atoms with van der Waals surface area (Å²) in [5, 5.41) is 14.8. The van der Waals surface area contributed by atoms with Gasteiger partial charge < -0.3 is 10.2 Å². The molecule has 2 rings (SSSR count). The van der Waals surface area contributed by atoms with Crippen molar-refractivity contribution in [3.63, 3.8) is 0 Å². The fraction of sp³-hybridized carbons (Fsp3) is 0.462. The van der Waals surface area contributed by atoms with Gasteiger partial charge in [0.25, 0.3) is 5.69 Å². The van der Waals surface area contributed by atoms with Gasteiger partial charge in [-0.2, -0.15) is 0 Å². The van der Waals surface area contributed by atoms with Crippen LogP contribution in [-0.4, -0.2) is 35.4 Å². The summed E-state index contributed by atoms with van der Waals surface area (Å²) in [7, 11) is 0. The van der Waals surface area contributed by atoms with E-state index >= 15 is 0 Å². The Morgan fingerprint density at radius 2 is 2.10 bits per heavy atom. The van der Waals surface area contributed by atoms with E-state index in [9.17, 15) is 14.9 Å². The van der Waals surface area contributed by atoms with Crippen LogP contribution in [0, 0.1) is 17.0 Å². The van der Waals surface area contributed by atoms with Crippen molar-refractivity contribution in [2.75, 3.05) is 18.4 Å². The van der Waals surface area contributed by atoms with Crippen molar-refractivity contribution in [1.29, 1.82) is 0 Å². The molecule has 0 radical (unpaired) electrons. The number of benzene rings is 1. The molecular formula is C13H16ClN3O3. The van der Waals surface area contributed by atoms with E-state index < -0.39 is 4.92 Å². The second-order valence-corrected chi connectivity index (χ2v) is 5.34. The first-order valence-corrected chi connectivity index (χ1v) is 6.79. The van der Waals surface area contributed by atoms with Crippen molar-refractivity contribution in [2.45, 2.75) is 25.8 Å². The third-order valence-electron chi connectivity index (χ3n) is 3.51. The summed E-state index contributed by atoms with van der Waals surface area (Å²) in [5.74, 6) is 0. The molecule has 1 saturated heterocycles. The molecule has 0 saturated carbocycles. The molecule has 0 spiro atoms. The third-order valence-corrected chi connectivity index (χ3v) is 3.92. The number of nitrogens with one attached hydrogen (secondary N) is 1. The minimum Gasteiger partial charge on any atom is -0.377 e. The summed E-state index contributed by atoms with van der Waals surface area (Å²) >= 11 is 6.04. The second kappa shape index (κ2) is 6.09. The molecule has 1 N–H and O–H groups in total. The number of piperidine rings is 1. The van der Waals surface area contributed by atoms with Crippen molar-refractivity contribution in [1.82, 2.24) is 4.90 Å². The standard InChI is InChI=1S/C13H16ClN3O3/c1-9-6-13(17(19)20)12(7-11(9)14)15-10-2-4-16(8-18)5-3-10/h6-8,10,15H,2-5H2,1H3. The zero-order chi connectivity index (χ0) is 14.7. The first kappa shape index (κ1) is 14.6. The van der Waals surface area contributed by atoms with Gasteiger partial charge in [-0.1, -0.05) is 11.6 Å². The summed E-state index contributed by atoms with van der Waals surface area (Å²) < 4.78 is 0. The number of hydrogen-bond donors (Lipinski definition) is 1. The van der Waals surface area contributed by atoms with Crippen molar-refractivity contribution >= 4 is 29.4 Å². The maximum absolute atomic E-state index is 11.1. The van der Waals surface area contributed by atoms with Crippen LogP contribution in [0.4, 0.5) is 11.4 Å². The molecule has 1 aromatic carbocycles. The summed E-state index contributed by atoms with van der Waals surface area (Å²) in [6, 6.07) is 3.19. The van der Waals surface area contributed by atoms with Crippen LogP contribution in [-0.2, 0) is 4.79 Å². The summed E-state index contributed by atoms with van der Waals surface area (Å²) in [6.07, 6.45) is 2.37. The van der Waals surface area contributed by atoms with Crippen molar-refractivity contribution in [3.8, 4) is 0 Å². The molecule has 1 fully saturated rings. The fourth-order valence-electron chi connectivity index (χ4n) is 2.30. The third kappa shape index (κ3) is 3.19. The van der Waals surface area contributed by atoms with Gasteiger partial charge in [-0.15, -0.1) is 0 Å². The minimum atomic E-state index is -0.411. The van der Waals surface area contributed by atoms with Gasteiger partial charge in [0.15, 0.2) is 0 Å². The predicted octanol–water partition coefficient (Wildman–Crippen LogP) is 2.59. The number of aryl methyl sites for hydroxylation is 1. The Balaban J connectivity index is 2.15. The van der Waals surface area contributed by atoms with E-state index in [1.54, 1.807) is 17.9 Å². The number of hydrogen-bond acceptors (Lipinski definition) is 4. The number of nitrogens with zero attached hydrogens (tertiary/aromatic N) is 2. The fourth-order valence-corrected chi connectivity index (χ4v) is 2.47. The van der Waals surface area contributed by atoms with Crippen LogP contribution in [0.15, 0.2) is 12.1 Å². The Kier molecular flexibility index (Phi) is 4.44. The normalized spacial score (nSPS) is 16.0. The number of nitro benzene ring substituents is 1. The van der Waals surface area contributed by atoms with Gasteiger partial charge in [-0.05, 0) is 31.4 Å². The highest BCUT2D eigenvalue weighted by Gasteiger charge is 2.22. The monoisotopic (exact) mass is 297 g/mol. The van der Waals surface area contributed by atoms with Crippen LogP contribution in [0.2, 0.25) is 5.02 Å². The van der Waals surface area contributed by atoms with Crippen LogP contribution in [0.1, 0.15) is 18.4 Å². The zero-order valence-corrected chi connectivity index (χ0v) is 11.9. The SMILES string of the molecule is Cc1cc([N+](=O)[O-])c(NC2CCN(C=O)CC2)cc1Cl. The van der Waals surface area contributed by atoms with Gasteiger partial charge in [0.1, 0.15) is 5.69 Å². The number of amides is 1. The Morgan fingerprint density at radius 3 is 2.65 bits per heavy atom. The van der Waals surface area contributed by atoms with Gasteiger partial charge in [0, 0.05) is 30.2 Å². The van der Waals surface area contributed by atoms with Crippen molar-refractivity contribution < 1.29 is 9.72 Å². The summed E-state index contributed by atoms with van der Waals surface area (Å²) in [6.45, 7) is 3.06. The smallest absolute Gasteiger partial charge is 0.292 e. The van der Waals surface area contributed by atoms with Gasteiger partial charge in [0.2, 0.25) is 6.41 Å². The van der Waals surface area contributed by atoms with Crippen LogP contribution in [0.25, 0.3) is 0 Å². The lowest BCUT2D eigenvalue weighted by Crippen LogP contribution is -2.38. The van der Waals surface area contributed by atoms with Crippen LogP contribution in [0.3, 0.4) is 0 Å². The van der Waals surface area contributed by atoms with Crippen LogP contribution >= 0.6 is 11.6 Å². The number of nitro groups is 1. The van der Waals surface area contributed by atoms with Crippen molar-refractivity contribution in [3.05, 3.63) is 32.8 Å². The van der Waals surface area contributed by atoms with Crippen LogP contribution < -0.4 is 5.32 Å². The quantitative estimate of drug-likeness (QED) is 0.526. The van der Waals surface area contributed by atoms with Gasteiger partial charge in [-0.25, -0.2) is 0 Å². The number of rotatable bonds is 4. The Morgan fingerprint density at radius 1 is 1.45 bits per heavy atom. The van der Waals surface area contributed by atoms with E-state index in [1.807, 2.05) is 0 Å². The largest absolute Gasteiger partial charge is 0.377 e. The highest BCUT2D eigenvalue weighted by molar-refractivity contribution is 6.31. The second-order valence-electron chi connectivity index (χ2n) is 4.94. The van der Waals surface area contributed by atoms with E-state index in [-0.39, 0.29) is 11.7 Å². The van der Waals surface area contributed by atoms with Gasteiger partial charge in [0.05, 0.1) is 4.92 Å². The zero-order valence-electron chi connectivity index (χ0n) is 11.1. The molecule has 1 aliphatic heterocycles. The van der Waals surface area contributed by atoms with E-state index in [4.69, 9.17) is 11.6 Å². The lowest BCUT2D eigenvalue weighted by atomic mass is 10.0. The van der Waals surface area contributed by atoms with Crippen molar-refractivity contribution in [2.24, 2.45) is 0 Å². The molecule has 0 bridgehead atoms. The molecule has 20 heavy (non-hydrogen) atoms. The maximum Gasteiger partial charge on any atom is 0.292 e. The highest BCUT2D eigenvalue weighted by atomic mass is 35.5. The van der Waals surface area contributed by atoms with E-state index in [0.717, 1.165) is 19.3 Å².